The highest BCUT2D eigenvalue weighted by Crippen LogP contribution is 2.36. The van der Waals surface area contributed by atoms with Crippen LogP contribution >= 0.6 is 0 Å². The number of ether oxygens (including phenoxy) is 2. The first kappa shape index (κ1) is 31.3. The van der Waals surface area contributed by atoms with Gasteiger partial charge in [-0.1, -0.05) is 24.3 Å². The van der Waals surface area contributed by atoms with Gasteiger partial charge in [0.1, 0.15) is 0 Å². The van der Waals surface area contributed by atoms with Crippen molar-refractivity contribution in [1.29, 1.82) is 0 Å². The number of benzene rings is 1. The second-order valence-corrected chi connectivity index (χ2v) is 8.43. The maximum Gasteiger partial charge on any atom is 0.491 e. The summed E-state index contributed by atoms with van der Waals surface area (Å²) in [7, 11) is 0. The van der Waals surface area contributed by atoms with Gasteiger partial charge < -0.3 is 24.6 Å². The number of carbonyl (C=O) groups excluding carboxylic acids is 3. The van der Waals surface area contributed by atoms with E-state index in [1.807, 2.05) is 0 Å². The quantitative estimate of drug-likeness (QED) is 0.206. The first-order valence-corrected chi connectivity index (χ1v) is 11.3. The van der Waals surface area contributed by atoms with Crippen molar-refractivity contribution in [3.05, 3.63) is 35.4 Å². The Hall–Kier alpha value is -2.95. The molecule has 0 bridgehead atoms. The van der Waals surface area contributed by atoms with Gasteiger partial charge in [0, 0.05) is 32.7 Å². The molecule has 2 atom stereocenters. The molecule has 214 valence electrons. The molecular weight excluding hydrogens is 532 g/mol. The van der Waals surface area contributed by atoms with Gasteiger partial charge >= 0.3 is 24.3 Å². The van der Waals surface area contributed by atoms with Crippen LogP contribution in [-0.4, -0.2) is 95.3 Å². The molecule has 0 saturated carbocycles. The van der Waals surface area contributed by atoms with Crippen LogP contribution in [0.2, 0.25) is 0 Å². The molecule has 0 aromatic heterocycles. The third-order valence-corrected chi connectivity index (χ3v) is 5.59. The lowest BCUT2D eigenvalue weighted by molar-refractivity contribution is -0.236. The number of amides is 1. The van der Waals surface area contributed by atoms with E-state index in [1.54, 1.807) is 4.90 Å². The Morgan fingerprint density at radius 1 is 0.921 bits per heavy atom. The van der Waals surface area contributed by atoms with Gasteiger partial charge in [0.25, 0.3) is 11.6 Å². The van der Waals surface area contributed by atoms with Crippen molar-refractivity contribution in [2.45, 2.75) is 43.6 Å². The summed E-state index contributed by atoms with van der Waals surface area (Å²) in [6.45, 7) is -0.0934. The molecule has 1 amide bonds. The number of alkyl halides is 6. The molecule has 1 saturated heterocycles. The van der Waals surface area contributed by atoms with E-state index in [2.05, 4.69) is 9.47 Å². The lowest BCUT2D eigenvalue weighted by atomic mass is 9.96. The van der Waals surface area contributed by atoms with Gasteiger partial charge in [0.05, 0.1) is 13.2 Å². The number of aliphatic hydroxyl groups is 2. The van der Waals surface area contributed by atoms with Crippen molar-refractivity contribution >= 4 is 17.8 Å². The summed E-state index contributed by atoms with van der Waals surface area (Å²) < 4.78 is 87.1. The molecule has 1 fully saturated rings. The van der Waals surface area contributed by atoms with Crippen LogP contribution < -0.4 is 5.73 Å². The predicted octanol–water partition coefficient (Wildman–Crippen LogP) is 1.00. The van der Waals surface area contributed by atoms with Crippen LogP contribution in [0, 0.1) is 0 Å². The van der Waals surface area contributed by atoms with Crippen molar-refractivity contribution in [2.24, 2.45) is 5.73 Å². The number of hydrogen-bond donors (Lipinski definition) is 3. The molecule has 0 aliphatic carbocycles. The lowest BCUT2D eigenvalue weighted by Gasteiger charge is -2.37. The van der Waals surface area contributed by atoms with Crippen LogP contribution in [0.1, 0.15) is 30.1 Å². The van der Waals surface area contributed by atoms with Crippen LogP contribution in [0.15, 0.2) is 24.3 Å². The molecule has 38 heavy (non-hydrogen) atoms. The second kappa shape index (κ2) is 12.7. The lowest BCUT2D eigenvalue weighted by Crippen LogP contribution is -2.63. The van der Waals surface area contributed by atoms with Crippen molar-refractivity contribution in [1.82, 2.24) is 9.80 Å². The van der Waals surface area contributed by atoms with Crippen molar-refractivity contribution in [2.75, 3.05) is 39.4 Å². The van der Waals surface area contributed by atoms with E-state index in [9.17, 15) is 40.7 Å². The number of rotatable bonds is 11. The fourth-order valence-electron chi connectivity index (χ4n) is 3.77. The Balaban J connectivity index is 2.54. The SMILES string of the molecule is NC(OC(=O)C(F)(F)F)(C(=O)N1CCCC1)C(OC(=O)C(F)(F)F)c1ccc(CN(CCO)CCO)cc1. The van der Waals surface area contributed by atoms with E-state index >= 15 is 0 Å². The fourth-order valence-corrected chi connectivity index (χ4v) is 3.77. The summed E-state index contributed by atoms with van der Waals surface area (Å²) in [5, 5.41) is 18.3. The molecular formula is C22H27F6N3O7. The Morgan fingerprint density at radius 2 is 1.42 bits per heavy atom. The second-order valence-electron chi connectivity index (χ2n) is 8.43. The Kier molecular flexibility index (Phi) is 10.5. The summed E-state index contributed by atoms with van der Waals surface area (Å²) in [6, 6.07) is 4.66. The largest absolute Gasteiger partial charge is 0.491 e. The minimum atomic E-state index is -5.68. The molecule has 10 nitrogen and oxygen atoms in total. The topological polar surface area (TPSA) is 143 Å². The van der Waals surface area contributed by atoms with E-state index in [1.165, 1.54) is 12.1 Å². The van der Waals surface area contributed by atoms with Gasteiger partial charge in [-0.2, -0.15) is 26.3 Å². The Labute approximate surface area is 212 Å². The van der Waals surface area contributed by atoms with Crippen molar-refractivity contribution in [3.63, 3.8) is 0 Å². The average Bonchev–Trinajstić information content (AvgIpc) is 3.36. The van der Waals surface area contributed by atoms with Gasteiger partial charge in [-0.05, 0) is 24.0 Å². The Morgan fingerprint density at radius 3 is 1.87 bits per heavy atom. The number of halogens is 6. The zero-order valence-corrected chi connectivity index (χ0v) is 19.9. The average molecular weight is 559 g/mol. The third kappa shape index (κ3) is 8.02. The molecule has 4 N–H and O–H groups in total. The zero-order valence-electron chi connectivity index (χ0n) is 19.9. The maximum absolute atomic E-state index is 13.2. The molecule has 1 heterocycles. The molecule has 1 aliphatic heterocycles. The van der Waals surface area contributed by atoms with Crippen molar-refractivity contribution in [3.8, 4) is 0 Å². The summed E-state index contributed by atoms with van der Waals surface area (Å²) in [5.41, 5.74) is 2.35. The molecule has 0 radical (unpaired) electrons. The van der Waals surface area contributed by atoms with Crippen LogP contribution in [0.5, 0.6) is 0 Å². The number of carbonyl (C=O) groups is 3. The highest BCUT2D eigenvalue weighted by atomic mass is 19.4. The van der Waals surface area contributed by atoms with Crippen LogP contribution in [0.3, 0.4) is 0 Å². The number of likely N-dealkylation sites (tertiary alicyclic amines) is 1. The normalized spacial score (nSPS) is 16.7. The summed E-state index contributed by atoms with van der Waals surface area (Å²) in [6.07, 6.45) is -13.1. The van der Waals surface area contributed by atoms with Crippen LogP contribution in [-0.2, 0) is 30.4 Å². The van der Waals surface area contributed by atoms with E-state index in [0.717, 1.165) is 17.0 Å². The summed E-state index contributed by atoms with van der Waals surface area (Å²) >= 11 is 0. The number of nitrogens with zero attached hydrogens (tertiary/aromatic N) is 2. The first-order chi connectivity index (χ1) is 17.6. The van der Waals surface area contributed by atoms with Gasteiger partial charge in [-0.3, -0.25) is 15.4 Å². The van der Waals surface area contributed by atoms with Gasteiger partial charge in [0.15, 0.2) is 6.10 Å². The van der Waals surface area contributed by atoms with E-state index in [0.29, 0.717) is 18.4 Å². The zero-order chi connectivity index (χ0) is 28.7. The summed E-state index contributed by atoms with van der Waals surface area (Å²) in [5.74, 6) is -7.33. The number of nitrogens with two attached hydrogens (primary N) is 1. The molecule has 2 rings (SSSR count). The Bertz CT molecular complexity index is 962. The predicted molar refractivity (Wildman–Crippen MR) is 116 cm³/mol. The molecule has 16 heteroatoms. The van der Waals surface area contributed by atoms with Crippen molar-refractivity contribution < 1.29 is 60.4 Å². The van der Waals surface area contributed by atoms with E-state index in [4.69, 9.17) is 15.9 Å². The van der Waals surface area contributed by atoms with E-state index in [-0.39, 0.29) is 45.9 Å². The molecule has 0 spiro atoms. The molecule has 1 aromatic carbocycles. The van der Waals surface area contributed by atoms with Gasteiger partial charge in [0.2, 0.25) is 0 Å². The number of aliphatic hydroxyl groups excluding tert-OH is 2. The molecule has 1 aliphatic rings. The smallest absolute Gasteiger partial charge is 0.444 e. The van der Waals surface area contributed by atoms with Gasteiger partial charge in [-0.25, -0.2) is 9.59 Å². The minimum Gasteiger partial charge on any atom is -0.444 e. The molecule has 1 aromatic rings. The first-order valence-electron chi connectivity index (χ1n) is 11.3. The monoisotopic (exact) mass is 559 g/mol. The highest BCUT2D eigenvalue weighted by molar-refractivity contribution is 5.90. The third-order valence-electron chi connectivity index (χ3n) is 5.59. The maximum atomic E-state index is 13.2. The fraction of sp³-hybridized carbons (Fsp3) is 0.591. The molecule has 2 unspecified atom stereocenters. The minimum absolute atomic E-state index is 0.0359. The van der Waals surface area contributed by atoms with E-state index < -0.39 is 47.6 Å². The summed E-state index contributed by atoms with van der Waals surface area (Å²) in [4.78, 5) is 39.1. The number of esters is 2. The van der Waals surface area contributed by atoms with Crippen LogP contribution in [0.25, 0.3) is 0 Å². The number of hydrogen-bond acceptors (Lipinski definition) is 9. The van der Waals surface area contributed by atoms with Gasteiger partial charge in [-0.15, -0.1) is 0 Å². The standard InChI is InChI=1S/C22H27F6N3O7/c23-21(24,25)18(35)37-16(15-5-3-14(4-6-15)13-30(9-11-32)10-12-33)20(29,38-19(36)22(26,27)28)17(34)31-7-1-2-8-31/h3-6,16,32-33H,1-2,7-13,29H2. The highest BCUT2D eigenvalue weighted by Gasteiger charge is 2.57. The van der Waals surface area contributed by atoms with Crippen LogP contribution in [0.4, 0.5) is 26.3 Å².